The van der Waals surface area contributed by atoms with Gasteiger partial charge in [-0.2, -0.15) is 0 Å². The van der Waals surface area contributed by atoms with E-state index in [0.29, 0.717) is 43.4 Å². The molecule has 0 spiro atoms. The first kappa shape index (κ1) is 34.2. The first-order valence-electron chi connectivity index (χ1n) is 16.1. The van der Waals surface area contributed by atoms with Crippen molar-refractivity contribution in [1.82, 2.24) is 20.4 Å². The minimum Gasteiger partial charge on any atom is -0.493 e. The molecule has 1 aliphatic carbocycles. The summed E-state index contributed by atoms with van der Waals surface area (Å²) in [4.78, 5) is 43.6. The molecule has 45 heavy (non-hydrogen) atoms. The van der Waals surface area contributed by atoms with Crippen molar-refractivity contribution in [1.29, 1.82) is 0 Å². The van der Waals surface area contributed by atoms with E-state index in [1.165, 1.54) is 6.92 Å². The Morgan fingerprint density at radius 3 is 2.29 bits per heavy atom. The number of nitrogens with one attached hydrogen (secondary N) is 2. The van der Waals surface area contributed by atoms with E-state index in [0.717, 1.165) is 37.9 Å². The van der Waals surface area contributed by atoms with Gasteiger partial charge in [-0.05, 0) is 62.3 Å². The number of methoxy groups -OCH3 is 2. The molecule has 2 fully saturated rings. The third-order valence-corrected chi connectivity index (χ3v) is 8.65. The Morgan fingerprint density at radius 2 is 1.67 bits per heavy atom. The number of hydrogen-bond donors (Lipinski definition) is 2. The zero-order valence-corrected chi connectivity index (χ0v) is 27.4. The van der Waals surface area contributed by atoms with Gasteiger partial charge in [0.2, 0.25) is 11.8 Å². The highest BCUT2D eigenvalue weighted by Gasteiger charge is 2.39. The molecule has 1 saturated heterocycles. The summed E-state index contributed by atoms with van der Waals surface area (Å²) in [6.07, 6.45) is 2.94. The molecule has 10 nitrogen and oxygen atoms in total. The van der Waals surface area contributed by atoms with Crippen LogP contribution in [-0.4, -0.2) is 93.2 Å². The Bertz CT molecular complexity index is 1270. The maximum atomic E-state index is 13.9. The summed E-state index contributed by atoms with van der Waals surface area (Å²) in [5.74, 6) is 1.35. The van der Waals surface area contributed by atoms with Crippen molar-refractivity contribution in [2.24, 2.45) is 11.8 Å². The second-order valence-electron chi connectivity index (χ2n) is 12.4. The Kier molecular flexibility index (Phi) is 12.6. The van der Waals surface area contributed by atoms with Crippen LogP contribution in [0, 0.1) is 11.8 Å². The first-order valence-corrected chi connectivity index (χ1v) is 16.1. The summed E-state index contributed by atoms with van der Waals surface area (Å²) in [6.45, 7) is 9.38. The highest BCUT2D eigenvalue weighted by molar-refractivity contribution is 5.95. The van der Waals surface area contributed by atoms with Crippen LogP contribution in [0.15, 0.2) is 48.5 Å². The second kappa shape index (κ2) is 16.6. The van der Waals surface area contributed by atoms with Crippen molar-refractivity contribution in [3.8, 4) is 11.5 Å². The summed E-state index contributed by atoms with van der Waals surface area (Å²) in [5, 5.41) is 6.49. The minimum absolute atomic E-state index is 0.0163. The molecule has 2 aliphatic rings. The van der Waals surface area contributed by atoms with Crippen LogP contribution in [-0.2, 0) is 14.3 Å². The minimum atomic E-state index is -0.373. The lowest BCUT2D eigenvalue weighted by molar-refractivity contribution is -0.133. The summed E-state index contributed by atoms with van der Waals surface area (Å²) >= 11 is 0. The van der Waals surface area contributed by atoms with Crippen LogP contribution in [0.1, 0.15) is 68.4 Å². The Labute approximate surface area is 267 Å². The Balaban J connectivity index is 1.44. The second-order valence-corrected chi connectivity index (χ2v) is 12.4. The van der Waals surface area contributed by atoms with E-state index in [2.05, 4.69) is 10.6 Å². The fourth-order valence-electron chi connectivity index (χ4n) is 6.04. The quantitative estimate of drug-likeness (QED) is 0.256. The molecule has 0 bridgehead atoms. The van der Waals surface area contributed by atoms with Crippen LogP contribution < -0.4 is 20.1 Å². The predicted octanol–water partition coefficient (Wildman–Crippen LogP) is 4.06. The van der Waals surface area contributed by atoms with Crippen LogP contribution in [0.2, 0.25) is 0 Å². The predicted molar refractivity (Wildman–Crippen MR) is 173 cm³/mol. The fraction of sp³-hybridized carbons (Fsp3) is 0.571. The van der Waals surface area contributed by atoms with E-state index in [-0.39, 0.29) is 54.1 Å². The normalized spacial score (nSPS) is 18.4. The molecule has 1 unspecified atom stereocenters. The third kappa shape index (κ3) is 9.68. The molecule has 2 aromatic rings. The van der Waals surface area contributed by atoms with Gasteiger partial charge in [-0.1, -0.05) is 30.3 Å². The SMILES string of the molecule is COCCCOc1cc(C(=O)N(C[C@@H]2CNC[C@H]2CN(C(=O)CC(NC(C)=O)c2ccccc2)C2CC2)C(C)C)ccc1OC. The van der Waals surface area contributed by atoms with Gasteiger partial charge in [0.25, 0.3) is 5.91 Å². The summed E-state index contributed by atoms with van der Waals surface area (Å²) in [6, 6.07) is 14.8. The van der Waals surface area contributed by atoms with Gasteiger partial charge in [0.1, 0.15) is 0 Å². The van der Waals surface area contributed by atoms with Gasteiger partial charge in [-0.3, -0.25) is 14.4 Å². The molecule has 1 heterocycles. The summed E-state index contributed by atoms with van der Waals surface area (Å²) in [5.41, 5.74) is 1.47. The lowest BCUT2D eigenvalue weighted by Gasteiger charge is -2.34. The third-order valence-electron chi connectivity index (χ3n) is 8.65. The monoisotopic (exact) mass is 622 g/mol. The van der Waals surface area contributed by atoms with E-state index < -0.39 is 0 Å². The smallest absolute Gasteiger partial charge is 0.254 e. The number of ether oxygens (including phenoxy) is 3. The first-order chi connectivity index (χ1) is 21.7. The van der Waals surface area contributed by atoms with Crippen LogP contribution in [0.4, 0.5) is 0 Å². The number of amides is 3. The molecule has 2 aromatic carbocycles. The average Bonchev–Trinajstić information content (AvgIpc) is 3.78. The lowest BCUT2D eigenvalue weighted by atomic mass is 9.93. The standard InChI is InChI=1S/C35H50N4O6/c1-24(2)38(35(42)27-12-15-32(44-5)33(18-27)45-17-9-16-43-4)22-28-20-36-21-29(28)23-39(30-13-14-30)34(41)19-31(37-25(3)40)26-10-7-6-8-11-26/h6-8,10-12,15,18,24,28-31,36H,9,13-14,16-17,19-23H2,1-5H3,(H,37,40)/t28-,29-,31?/m0/s1. The number of hydrogen-bond acceptors (Lipinski definition) is 7. The molecular weight excluding hydrogens is 572 g/mol. The Hall–Kier alpha value is -3.63. The largest absolute Gasteiger partial charge is 0.493 e. The molecule has 10 heteroatoms. The maximum Gasteiger partial charge on any atom is 0.254 e. The van der Waals surface area contributed by atoms with Crippen LogP contribution in [0.25, 0.3) is 0 Å². The Morgan fingerprint density at radius 1 is 0.956 bits per heavy atom. The van der Waals surface area contributed by atoms with Crippen molar-refractivity contribution in [3.63, 3.8) is 0 Å². The van der Waals surface area contributed by atoms with E-state index in [1.807, 2.05) is 54.0 Å². The molecule has 246 valence electrons. The van der Waals surface area contributed by atoms with Gasteiger partial charge in [-0.25, -0.2) is 0 Å². The molecular formula is C35H50N4O6. The molecule has 3 atom stereocenters. The van der Waals surface area contributed by atoms with Crippen molar-refractivity contribution in [2.45, 2.75) is 64.6 Å². The van der Waals surface area contributed by atoms with Crippen LogP contribution in [0.3, 0.4) is 0 Å². The maximum absolute atomic E-state index is 13.9. The number of carbonyl (C=O) groups is 3. The lowest BCUT2D eigenvalue weighted by Crippen LogP contribution is -2.45. The van der Waals surface area contributed by atoms with Gasteiger partial charge >= 0.3 is 0 Å². The zero-order chi connectivity index (χ0) is 32.3. The van der Waals surface area contributed by atoms with Crippen LogP contribution >= 0.6 is 0 Å². The van der Waals surface area contributed by atoms with E-state index >= 15 is 0 Å². The van der Waals surface area contributed by atoms with Crippen LogP contribution in [0.5, 0.6) is 11.5 Å². The van der Waals surface area contributed by atoms with E-state index in [4.69, 9.17) is 14.2 Å². The molecule has 2 N–H and O–H groups in total. The van der Waals surface area contributed by atoms with Gasteiger partial charge in [0, 0.05) is 70.9 Å². The summed E-state index contributed by atoms with van der Waals surface area (Å²) < 4.78 is 16.5. The van der Waals surface area contributed by atoms with Gasteiger partial charge in [0.15, 0.2) is 11.5 Å². The topological polar surface area (TPSA) is 109 Å². The van der Waals surface area contributed by atoms with E-state index in [9.17, 15) is 14.4 Å². The van der Waals surface area contributed by atoms with Crippen molar-refractivity contribution < 1.29 is 28.6 Å². The van der Waals surface area contributed by atoms with E-state index in [1.54, 1.807) is 32.4 Å². The van der Waals surface area contributed by atoms with Gasteiger partial charge < -0.3 is 34.6 Å². The number of benzene rings is 2. The van der Waals surface area contributed by atoms with Crippen molar-refractivity contribution >= 4 is 17.7 Å². The van der Waals surface area contributed by atoms with Gasteiger partial charge in [-0.15, -0.1) is 0 Å². The average molecular weight is 623 g/mol. The number of carbonyl (C=O) groups excluding carboxylic acids is 3. The highest BCUT2D eigenvalue weighted by Crippen LogP contribution is 2.33. The van der Waals surface area contributed by atoms with Crippen molar-refractivity contribution in [2.75, 3.05) is 53.6 Å². The molecule has 1 aliphatic heterocycles. The fourth-order valence-corrected chi connectivity index (χ4v) is 6.04. The molecule has 0 radical (unpaired) electrons. The van der Waals surface area contributed by atoms with Gasteiger partial charge in [0.05, 0.1) is 26.2 Å². The zero-order valence-electron chi connectivity index (χ0n) is 27.4. The molecule has 0 aromatic heterocycles. The number of nitrogens with zero attached hydrogens (tertiary/aromatic N) is 2. The molecule has 4 rings (SSSR count). The summed E-state index contributed by atoms with van der Waals surface area (Å²) in [7, 11) is 3.24. The molecule has 1 saturated carbocycles. The highest BCUT2D eigenvalue weighted by atomic mass is 16.5. The van der Waals surface area contributed by atoms with Crippen molar-refractivity contribution in [3.05, 3.63) is 59.7 Å². The molecule has 3 amide bonds. The number of rotatable bonds is 17.